The molecule has 0 aliphatic rings. The average Bonchev–Trinajstić information content (AvgIpc) is 1.82. The van der Waals surface area contributed by atoms with E-state index in [1.165, 1.54) is 0 Å². The van der Waals surface area contributed by atoms with Crippen LogP contribution in [0.3, 0.4) is 0 Å². The van der Waals surface area contributed by atoms with Gasteiger partial charge in [0.25, 0.3) is 0 Å². The van der Waals surface area contributed by atoms with Crippen LogP contribution in [0.4, 0.5) is 11.4 Å². The number of hydrogen-bond acceptors (Lipinski definition) is 3. The minimum Gasteiger partial charge on any atom is -0.399 e. The van der Waals surface area contributed by atoms with Gasteiger partial charge in [-0.15, -0.1) is 12.6 Å². The lowest BCUT2D eigenvalue weighted by molar-refractivity contribution is 1.38. The Morgan fingerprint density at radius 3 is 2.40 bits per heavy atom. The van der Waals surface area contributed by atoms with Gasteiger partial charge < -0.3 is 11.5 Å². The van der Waals surface area contributed by atoms with Gasteiger partial charge in [-0.1, -0.05) is 0 Å². The molecule has 3 heteroatoms. The molecule has 0 atom stereocenters. The molecule has 0 saturated carbocycles. The molecule has 2 nitrogen and oxygen atoms in total. The molecule has 0 saturated heterocycles. The second kappa shape index (κ2) is 2.42. The van der Waals surface area contributed by atoms with E-state index in [1.807, 2.05) is 13.0 Å². The van der Waals surface area contributed by atoms with Crippen molar-refractivity contribution >= 4 is 24.0 Å². The largest absolute Gasteiger partial charge is 0.399 e. The summed E-state index contributed by atoms with van der Waals surface area (Å²) in [5, 5.41) is 0. The maximum absolute atomic E-state index is 5.62. The minimum absolute atomic E-state index is 0.705. The summed E-state index contributed by atoms with van der Waals surface area (Å²) in [6.45, 7) is 1.91. The first-order valence-electron chi connectivity index (χ1n) is 2.96. The van der Waals surface area contributed by atoms with E-state index in [1.54, 1.807) is 6.07 Å². The summed E-state index contributed by atoms with van der Waals surface area (Å²) < 4.78 is 0. The Bertz CT molecular complexity index is 235. The Kier molecular flexibility index (Phi) is 1.76. The summed E-state index contributed by atoms with van der Waals surface area (Å²) in [5.74, 6) is 0. The fourth-order valence-electron chi connectivity index (χ4n) is 0.807. The molecule has 0 fully saturated rings. The molecule has 0 aliphatic carbocycles. The van der Waals surface area contributed by atoms with E-state index in [4.69, 9.17) is 11.5 Å². The van der Waals surface area contributed by atoms with Crippen LogP contribution in [0.1, 0.15) is 5.56 Å². The minimum atomic E-state index is 0.705. The average molecular weight is 154 g/mol. The van der Waals surface area contributed by atoms with Gasteiger partial charge in [0.15, 0.2) is 0 Å². The topological polar surface area (TPSA) is 52.0 Å². The Morgan fingerprint density at radius 2 is 1.90 bits per heavy atom. The molecule has 1 aromatic rings. The first-order valence-corrected chi connectivity index (χ1v) is 3.40. The first-order chi connectivity index (χ1) is 4.61. The lowest BCUT2D eigenvalue weighted by atomic mass is 10.2. The lowest BCUT2D eigenvalue weighted by Crippen LogP contribution is -1.93. The van der Waals surface area contributed by atoms with Crippen LogP contribution in [0, 0.1) is 6.92 Å². The van der Waals surface area contributed by atoms with Crippen molar-refractivity contribution in [2.24, 2.45) is 0 Å². The number of nitrogens with two attached hydrogens (primary N) is 2. The third-order valence-corrected chi connectivity index (χ3v) is 1.76. The van der Waals surface area contributed by atoms with E-state index in [0.717, 1.165) is 10.5 Å². The molecule has 0 spiro atoms. The zero-order valence-electron chi connectivity index (χ0n) is 5.76. The number of anilines is 2. The van der Waals surface area contributed by atoms with Crippen molar-refractivity contribution in [1.82, 2.24) is 0 Å². The van der Waals surface area contributed by atoms with Crippen molar-refractivity contribution in [3.8, 4) is 0 Å². The summed E-state index contributed by atoms with van der Waals surface area (Å²) in [6, 6.07) is 3.57. The van der Waals surface area contributed by atoms with E-state index in [9.17, 15) is 0 Å². The zero-order chi connectivity index (χ0) is 7.72. The third-order valence-electron chi connectivity index (χ3n) is 1.39. The van der Waals surface area contributed by atoms with Crippen LogP contribution in [0.15, 0.2) is 17.0 Å². The fourth-order valence-corrected chi connectivity index (χ4v) is 1.13. The van der Waals surface area contributed by atoms with Crippen molar-refractivity contribution in [2.45, 2.75) is 11.8 Å². The quantitative estimate of drug-likeness (QED) is 0.391. The first kappa shape index (κ1) is 7.28. The standard InChI is InChI=1S/C7H10N2S/c1-4-2-5(8)3-6(10)7(4)9/h2-3,10H,8-9H2,1H3. The fraction of sp³-hybridized carbons (Fsp3) is 0.143. The number of hydrogen-bond donors (Lipinski definition) is 3. The van der Waals surface area contributed by atoms with Gasteiger partial charge in [0.05, 0.1) is 0 Å². The van der Waals surface area contributed by atoms with Gasteiger partial charge in [-0.2, -0.15) is 0 Å². The van der Waals surface area contributed by atoms with Crippen molar-refractivity contribution in [3.05, 3.63) is 17.7 Å². The summed E-state index contributed by atoms with van der Waals surface area (Å²) >= 11 is 4.13. The van der Waals surface area contributed by atoms with Crippen LogP contribution in [-0.4, -0.2) is 0 Å². The van der Waals surface area contributed by atoms with Gasteiger partial charge in [-0.05, 0) is 24.6 Å². The smallest absolute Gasteiger partial charge is 0.0480 e. The van der Waals surface area contributed by atoms with Crippen LogP contribution in [0.5, 0.6) is 0 Å². The highest BCUT2D eigenvalue weighted by Gasteiger charge is 1.98. The normalized spacial score (nSPS) is 9.80. The maximum Gasteiger partial charge on any atom is 0.0480 e. The Labute approximate surface area is 65.6 Å². The number of rotatable bonds is 0. The molecular formula is C7H10N2S. The third kappa shape index (κ3) is 1.19. The SMILES string of the molecule is Cc1cc(N)cc(S)c1N. The van der Waals surface area contributed by atoms with Gasteiger partial charge in [0.2, 0.25) is 0 Å². The molecule has 54 valence electrons. The van der Waals surface area contributed by atoms with Gasteiger partial charge >= 0.3 is 0 Å². The summed E-state index contributed by atoms with van der Waals surface area (Å²) in [5.41, 5.74) is 13.5. The molecule has 0 bridgehead atoms. The number of benzene rings is 1. The van der Waals surface area contributed by atoms with Gasteiger partial charge in [0, 0.05) is 16.3 Å². The van der Waals surface area contributed by atoms with Crippen molar-refractivity contribution in [2.75, 3.05) is 11.5 Å². The van der Waals surface area contributed by atoms with Crippen LogP contribution >= 0.6 is 12.6 Å². The molecule has 1 aromatic carbocycles. The Hall–Kier alpha value is -0.830. The van der Waals surface area contributed by atoms with Crippen LogP contribution in [-0.2, 0) is 0 Å². The second-order valence-corrected chi connectivity index (χ2v) is 2.75. The lowest BCUT2D eigenvalue weighted by Gasteiger charge is -2.03. The second-order valence-electron chi connectivity index (χ2n) is 2.27. The molecule has 0 amide bonds. The molecule has 0 heterocycles. The molecular weight excluding hydrogens is 144 g/mol. The van der Waals surface area contributed by atoms with Crippen molar-refractivity contribution in [1.29, 1.82) is 0 Å². The number of aryl methyl sites for hydroxylation is 1. The molecule has 4 N–H and O–H groups in total. The molecule has 0 radical (unpaired) electrons. The van der Waals surface area contributed by atoms with Crippen molar-refractivity contribution < 1.29 is 0 Å². The maximum atomic E-state index is 5.62. The molecule has 0 aromatic heterocycles. The monoisotopic (exact) mass is 154 g/mol. The van der Waals surface area contributed by atoms with Gasteiger partial charge in [0.1, 0.15) is 0 Å². The predicted octanol–water partition coefficient (Wildman–Crippen LogP) is 1.45. The highest BCUT2D eigenvalue weighted by molar-refractivity contribution is 7.80. The number of thiol groups is 1. The molecule has 1 rings (SSSR count). The summed E-state index contributed by atoms with van der Waals surface area (Å²) in [4.78, 5) is 0.748. The van der Waals surface area contributed by atoms with Gasteiger partial charge in [-0.25, -0.2) is 0 Å². The van der Waals surface area contributed by atoms with E-state index in [2.05, 4.69) is 12.6 Å². The predicted molar refractivity (Wildman–Crippen MR) is 47.3 cm³/mol. The molecule has 0 unspecified atom stereocenters. The van der Waals surface area contributed by atoms with Gasteiger partial charge in [-0.3, -0.25) is 0 Å². The molecule has 0 aliphatic heterocycles. The van der Waals surface area contributed by atoms with E-state index < -0.39 is 0 Å². The Balaban J connectivity index is 3.31. The van der Waals surface area contributed by atoms with E-state index in [-0.39, 0.29) is 0 Å². The summed E-state index contributed by atoms with van der Waals surface area (Å²) in [7, 11) is 0. The van der Waals surface area contributed by atoms with Crippen molar-refractivity contribution in [3.63, 3.8) is 0 Å². The van der Waals surface area contributed by atoms with E-state index in [0.29, 0.717) is 11.4 Å². The number of nitrogen functional groups attached to an aromatic ring is 2. The van der Waals surface area contributed by atoms with Crippen LogP contribution in [0.2, 0.25) is 0 Å². The summed E-state index contributed by atoms with van der Waals surface area (Å²) in [6.07, 6.45) is 0. The molecule has 10 heavy (non-hydrogen) atoms. The van der Waals surface area contributed by atoms with Crippen LogP contribution in [0.25, 0.3) is 0 Å². The zero-order valence-corrected chi connectivity index (χ0v) is 6.65. The highest BCUT2D eigenvalue weighted by Crippen LogP contribution is 2.23. The Morgan fingerprint density at radius 1 is 1.30 bits per heavy atom. The van der Waals surface area contributed by atoms with Crippen LogP contribution < -0.4 is 11.5 Å². The highest BCUT2D eigenvalue weighted by atomic mass is 32.1. The van der Waals surface area contributed by atoms with E-state index >= 15 is 0 Å².